The molecule has 0 bridgehead atoms. The van der Waals surface area contributed by atoms with E-state index >= 15 is 0 Å². The minimum Gasteiger partial charge on any atom is -0.381 e. The number of hydrogen-bond donors (Lipinski definition) is 1. The highest BCUT2D eigenvalue weighted by Gasteiger charge is 2.33. The number of aromatic nitrogens is 2. The summed E-state index contributed by atoms with van der Waals surface area (Å²) in [5, 5.41) is 0.893. The van der Waals surface area contributed by atoms with Crippen molar-refractivity contribution in [3.8, 4) is 0 Å². The molecule has 0 aromatic carbocycles. The molecule has 112 valence electrons. The molecule has 0 radical (unpaired) electrons. The van der Waals surface area contributed by atoms with Crippen LogP contribution in [0.25, 0.3) is 10.2 Å². The molecular weight excluding hydrogens is 304 g/mol. The Hall–Kier alpha value is -0.980. The van der Waals surface area contributed by atoms with Crippen molar-refractivity contribution in [2.75, 3.05) is 7.11 Å². The number of methoxy groups -OCH3 is 1. The minimum absolute atomic E-state index is 0.104. The number of ether oxygens (including phenoxy) is 1. The fraction of sp³-hybridized carbons (Fsp3) is 0.600. The number of fused-ring (bicyclic) bond motifs is 3. The smallest absolute Gasteiger partial charge is 0.263 e. The maximum atomic E-state index is 13.0. The van der Waals surface area contributed by atoms with Gasteiger partial charge in [0, 0.05) is 18.0 Å². The Labute approximate surface area is 131 Å². The first kappa shape index (κ1) is 13.7. The van der Waals surface area contributed by atoms with E-state index in [1.807, 2.05) is 0 Å². The molecule has 0 amide bonds. The first-order chi connectivity index (χ1) is 10.2. The summed E-state index contributed by atoms with van der Waals surface area (Å²) in [5.74, 6) is 0. The van der Waals surface area contributed by atoms with Crippen molar-refractivity contribution >= 4 is 33.8 Å². The van der Waals surface area contributed by atoms with Gasteiger partial charge in [0.2, 0.25) is 0 Å². The second-order valence-electron chi connectivity index (χ2n) is 6.00. The third kappa shape index (κ3) is 2.04. The van der Waals surface area contributed by atoms with Gasteiger partial charge in [-0.1, -0.05) is 0 Å². The molecule has 1 saturated carbocycles. The van der Waals surface area contributed by atoms with E-state index in [0.717, 1.165) is 35.9 Å². The topological polar surface area (TPSA) is 47.0 Å². The maximum Gasteiger partial charge on any atom is 0.263 e. The highest BCUT2D eigenvalue weighted by atomic mass is 32.1. The molecule has 2 heterocycles. The van der Waals surface area contributed by atoms with E-state index in [4.69, 9.17) is 17.0 Å². The van der Waals surface area contributed by atoms with Gasteiger partial charge in [-0.05, 0) is 56.3 Å². The van der Waals surface area contributed by atoms with E-state index in [1.165, 1.54) is 23.3 Å². The van der Waals surface area contributed by atoms with Gasteiger partial charge < -0.3 is 9.72 Å². The zero-order valence-corrected chi connectivity index (χ0v) is 13.6. The summed E-state index contributed by atoms with van der Waals surface area (Å²) >= 11 is 7.15. The number of rotatable bonds is 2. The first-order valence-corrected chi connectivity index (χ1v) is 8.73. The number of aryl methyl sites for hydroxylation is 2. The van der Waals surface area contributed by atoms with Crippen molar-refractivity contribution in [1.29, 1.82) is 0 Å². The van der Waals surface area contributed by atoms with Crippen LogP contribution in [-0.4, -0.2) is 22.8 Å². The molecule has 0 saturated heterocycles. The van der Waals surface area contributed by atoms with E-state index in [1.54, 1.807) is 23.0 Å². The Morgan fingerprint density at radius 3 is 2.86 bits per heavy atom. The second kappa shape index (κ2) is 5.04. The molecule has 0 spiro atoms. The lowest BCUT2D eigenvalue weighted by atomic mass is 9.89. The van der Waals surface area contributed by atoms with Gasteiger partial charge in [-0.15, -0.1) is 11.3 Å². The number of nitrogens with zero attached hydrogens (tertiary/aromatic N) is 1. The van der Waals surface area contributed by atoms with Gasteiger partial charge in [-0.2, -0.15) is 0 Å². The van der Waals surface area contributed by atoms with Crippen molar-refractivity contribution in [1.82, 2.24) is 9.55 Å². The summed E-state index contributed by atoms with van der Waals surface area (Å²) in [4.78, 5) is 18.6. The molecule has 2 aliphatic rings. The van der Waals surface area contributed by atoms with Gasteiger partial charge in [-0.25, -0.2) is 0 Å². The van der Waals surface area contributed by atoms with Gasteiger partial charge in [0.05, 0.1) is 11.5 Å². The van der Waals surface area contributed by atoms with Crippen molar-refractivity contribution in [3.63, 3.8) is 0 Å². The molecule has 2 aromatic heterocycles. The predicted octanol–water partition coefficient (Wildman–Crippen LogP) is 3.35. The Morgan fingerprint density at radius 1 is 1.33 bits per heavy atom. The summed E-state index contributed by atoms with van der Waals surface area (Å²) < 4.78 is 7.67. The van der Waals surface area contributed by atoms with Gasteiger partial charge in [0.15, 0.2) is 4.77 Å². The molecule has 1 N–H and O–H groups in total. The quantitative estimate of drug-likeness (QED) is 0.863. The second-order valence-corrected chi connectivity index (χ2v) is 7.50. The van der Waals surface area contributed by atoms with Crippen LogP contribution in [0, 0.1) is 4.77 Å². The molecule has 2 aromatic rings. The predicted molar refractivity (Wildman–Crippen MR) is 87.0 cm³/mol. The van der Waals surface area contributed by atoms with Crippen molar-refractivity contribution < 1.29 is 4.74 Å². The molecule has 4 rings (SSSR count). The summed E-state index contributed by atoms with van der Waals surface area (Å²) in [6.07, 6.45) is 6.57. The van der Waals surface area contributed by atoms with E-state index in [2.05, 4.69) is 4.98 Å². The van der Waals surface area contributed by atoms with Crippen LogP contribution < -0.4 is 5.56 Å². The van der Waals surface area contributed by atoms with Crippen LogP contribution >= 0.6 is 23.6 Å². The Balaban J connectivity index is 1.89. The zero-order valence-electron chi connectivity index (χ0n) is 12.0. The fourth-order valence-electron chi connectivity index (χ4n) is 3.52. The number of H-pyrrole nitrogens is 1. The summed E-state index contributed by atoms with van der Waals surface area (Å²) in [6, 6.07) is 0.190. The van der Waals surface area contributed by atoms with Crippen LogP contribution in [0.4, 0.5) is 0 Å². The molecule has 0 atom stereocenters. The van der Waals surface area contributed by atoms with Crippen LogP contribution in [0.2, 0.25) is 0 Å². The SMILES string of the molecule is COC1CC(n2c(=S)[nH]c3sc4c(c3c2=O)CCCC4)C1. The highest BCUT2D eigenvalue weighted by molar-refractivity contribution is 7.71. The van der Waals surface area contributed by atoms with Crippen molar-refractivity contribution in [3.05, 3.63) is 25.6 Å². The third-order valence-corrected chi connectivity index (χ3v) is 6.32. The lowest BCUT2D eigenvalue weighted by Gasteiger charge is -2.35. The van der Waals surface area contributed by atoms with E-state index < -0.39 is 0 Å². The number of thiophene rings is 1. The van der Waals surface area contributed by atoms with E-state index in [-0.39, 0.29) is 17.7 Å². The number of aromatic amines is 1. The number of nitrogens with one attached hydrogen (secondary N) is 1. The minimum atomic E-state index is 0.104. The molecular formula is C15H18N2O2S2. The normalized spacial score (nSPS) is 24.8. The Morgan fingerprint density at radius 2 is 2.10 bits per heavy atom. The van der Waals surface area contributed by atoms with E-state index in [9.17, 15) is 4.79 Å². The van der Waals surface area contributed by atoms with Crippen LogP contribution in [0.5, 0.6) is 0 Å². The average molecular weight is 322 g/mol. The maximum absolute atomic E-state index is 13.0. The largest absolute Gasteiger partial charge is 0.381 e. The van der Waals surface area contributed by atoms with Gasteiger partial charge in [0.25, 0.3) is 5.56 Å². The molecule has 4 nitrogen and oxygen atoms in total. The lowest BCUT2D eigenvalue weighted by molar-refractivity contribution is 0.00461. The van der Waals surface area contributed by atoms with Crippen molar-refractivity contribution in [2.45, 2.75) is 50.7 Å². The summed E-state index contributed by atoms with van der Waals surface area (Å²) in [7, 11) is 1.73. The molecule has 1 fully saturated rings. The first-order valence-electron chi connectivity index (χ1n) is 7.51. The lowest BCUT2D eigenvalue weighted by Crippen LogP contribution is -2.38. The molecule has 6 heteroatoms. The standard InChI is InChI=1S/C15H18N2O2S2/c1-19-9-6-8(7-9)17-14(18)12-10-4-2-3-5-11(10)21-13(12)16-15(17)20/h8-9H,2-7H2,1H3,(H,16,20). The number of hydrogen-bond acceptors (Lipinski definition) is 4. The van der Waals surface area contributed by atoms with Gasteiger partial charge >= 0.3 is 0 Å². The zero-order chi connectivity index (χ0) is 14.6. The Kier molecular flexibility index (Phi) is 3.28. The van der Waals surface area contributed by atoms with E-state index in [0.29, 0.717) is 4.77 Å². The van der Waals surface area contributed by atoms with Crippen LogP contribution in [0.15, 0.2) is 4.79 Å². The summed E-state index contributed by atoms with van der Waals surface area (Å²) in [6.45, 7) is 0. The molecule has 0 aliphatic heterocycles. The Bertz CT molecular complexity index is 811. The van der Waals surface area contributed by atoms with Gasteiger partial charge in [-0.3, -0.25) is 9.36 Å². The van der Waals surface area contributed by atoms with Gasteiger partial charge in [0.1, 0.15) is 4.83 Å². The molecule has 0 unspecified atom stereocenters. The monoisotopic (exact) mass is 322 g/mol. The van der Waals surface area contributed by atoms with Crippen molar-refractivity contribution in [2.24, 2.45) is 0 Å². The summed E-state index contributed by atoms with van der Waals surface area (Å²) in [5.41, 5.74) is 1.38. The molecule has 2 aliphatic carbocycles. The van der Waals surface area contributed by atoms with Crippen LogP contribution in [-0.2, 0) is 17.6 Å². The van der Waals surface area contributed by atoms with Crippen LogP contribution in [0.1, 0.15) is 42.2 Å². The third-order valence-electron chi connectivity index (χ3n) is 4.81. The fourth-order valence-corrected chi connectivity index (χ4v) is 5.20. The highest BCUT2D eigenvalue weighted by Crippen LogP contribution is 2.36. The average Bonchev–Trinajstić information content (AvgIpc) is 2.78. The molecule has 21 heavy (non-hydrogen) atoms. The van der Waals surface area contributed by atoms with Crippen LogP contribution in [0.3, 0.4) is 0 Å².